The van der Waals surface area contributed by atoms with E-state index in [-0.39, 0.29) is 24.8 Å². The van der Waals surface area contributed by atoms with Crippen LogP contribution in [-0.2, 0) is 20.9 Å². The molecular weight excluding hydrogens is 289 g/mol. The minimum Gasteiger partial charge on any atom is -0.350 e. The van der Waals surface area contributed by atoms with Gasteiger partial charge in [-0.1, -0.05) is 12.1 Å². The molecular formula is C15H18FN3O3. The summed E-state index contributed by atoms with van der Waals surface area (Å²) in [6.45, 7) is 3.17. The van der Waals surface area contributed by atoms with E-state index < -0.39 is 11.8 Å². The lowest BCUT2D eigenvalue weighted by Crippen LogP contribution is -2.56. The van der Waals surface area contributed by atoms with Crippen LogP contribution in [0.15, 0.2) is 24.3 Å². The highest BCUT2D eigenvalue weighted by atomic mass is 19.1. The first-order chi connectivity index (χ1) is 10.5. The Morgan fingerprint density at radius 3 is 2.36 bits per heavy atom. The molecule has 1 fully saturated rings. The molecule has 22 heavy (non-hydrogen) atoms. The molecule has 1 heterocycles. The number of benzene rings is 1. The van der Waals surface area contributed by atoms with E-state index in [1.807, 2.05) is 0 Å². The summed E-state index contributed by atoms with van der Waals surface area (Å²) in [5.74, 6) is -1.91. The first-order valence-corrected chi connectivity index (χ1v) is 7.10. The maximum absolute atomic E-state index is 12.8. The summed E-state index contributed by atoms with van der Waals surface area (Å²) in [6, 6.07) is 5.77. The predicted molar refractivity (Wildman–Crippen MR) is 77.1 cm³/mol. The van der Waals surface area contributed by atoms with Crippen LogP contribution in [0.3, 0.4) is 0 Å². The predicted octanol–water partition coefficient (Wildman–Crippen LogP) is 0.133. The third kappa shape index (κ3) is 3.81. The molecule has 6 nitrogen and oxygen atoms in total. The highest BCUT2D eigenvalue weighted by molar-refractivity contribution is 6.35. The molecule has 7 heteroatoms. The van der Waals surface area contributed by atoms with E-state index in [1.54, 1.807) is 19.1 Å². The Kier molecular flexibility index (Phi) is 5.08. The molecule has 0 atom stereocenters. The van der Waals surface area contributed by atoms with E-state index in [2.05, 4.69) is 5.32 Å². The minimum absolute atomic E-state index is 0.149. The number of nitrogens with zero attached hydrogens (tertiary/aromatic N) is 2. The molecule has 0 aliphatic carbocycles. The summed E-state index contributed by atoms with van der Waals surface area (Å²) in [5, 5.41) is 2.65. The van der Waals surface area contributed by atoms with Gasteiger partial charge in [0.05, 0.1) is 0 Å². The van der Waals surface area contributed by atoms with Gasteiger partial charge in [0, 0.05) is 26.2 Å². The molecule has 1 aliphatic rings. The van der Waals surface area contributed by atoms with Crippen molar-refractivity contribution in [3.05, 3.63) is 35.6 Å². The molecule has 1 aromatic rings. The maximum Gasteiger partial charge on any atom is 0.312 e. The largest absolute Gasteiger partial charge is 0.350 e. The van der Waals surface area contributed by atoms with Crippen molar-refractivity contribution in [3.63, 3.8) is 0 Å². The van der Waals surface area contributed by atoms with Gasteiger partial charge >= 0.3 is 11.8 Å². The number of hydrogen-bond acceptors (Lipinski definition) is 3. The average Bonchev–Trinajstić information content (AvgIpc) is 2.51. The lowest BCUT2D eigenvalue weighted by atomic mass is 10.2. The molecule has 1 N–H and O–H groups in total. The molecule has 0 radical (unpaired) electrons. The van der Waals surface area contributed by atoms with Gasteiger partial charge in [0.2, 0.25) is 5.91 Å². The molecule has 1 aliphatic heterocycles. The Bertz CT molecular complexity index is 574. The number of nitrogens with one attached hydrogen (secondary N) is 1. The number of carbonyl (C=O) groups excluding carboxylic acids is 3. The van der Waals surface area contributed by atoms with Crippen molar-refractivity contribution in [2.75, 3.05) is 26.2 Å². The van der Waals surface area contributed by atoms with Crippen LogP contribution in [0, 0.1) is 5.82 Å². The van der Waals surface area contributed by atoms with Gasteiger partial charge in [-0.2, -0.15) is 0 Å². The zero-order chi connectivity index (χ0) is 16.1. The quantitative estimate of drug-likeness (QED) is 0.786. The van der Waals surface area contributed by atoms with E-state index in [0.29, 0.717) is 19.6 Å². The fraction of sp³-hybridized carbons (Fsp3) is 0.400. The van der Waals surface area contributed by atoms with E-state index in [9.17, 15) is 18.8 Å². The van der Waals surface area contributed by atoms with Gasteiger partial charge in [-0.05, 0) is 24.6 Å². The van der Waals surface area contributed by atoms with Crippen LogP contribution < -0.4 is 5.32 Å². The Balaban J connectivity index is 1.83. The van der Waals surface area contributed by atoms with Crippen LogP contribution in [-0.4, -0.2) is 53.7 Å². The smallest absolute Gasteiger partial charge is 0.312 e. The highest BCUT2D eigenvalue weighted by Gasteiger charge is 2.32. The first-order valence-electron chi connectivity index (χ1n) is 7.10. The lowest BCUT2D eigenvalue weighted by molar-refractivity contribution is -0.156. The van der Waals surface area contributed by atoms with Crippen molar-refractivity contribution in [3.8, 4) is 0 Å². The van der Waals surface area contributed by atoms with Crippen molar-refractivity contribution < 1.29 is 18.8 Å². The third-order valence-corrected chi connectivity index (χ3v) is 3.52. The van der Waals surface area contributed by atoms with Crippen LogP contribution >= 0.6 is 0 Å². The van der Waals surface area contributed by atoms with Crippen LogP contribution in [0.1, 0.15) is 12.5 Å². The van der Waals surface area contributed by atoms with Crippen LogP contribution in [0.4, 0.5) is 4.39 Å². The zero-order valence-corrected chi connectivity index (χ0v) is 12.3. The van der Waals surface area contributed by atoms with Gasteiger partial charge in [-0.15, -0.1) is 0 Å². The Hall–Kier alpha value is -2.44. The number of rotatable bonds is 5. The summed E-state index contributed by atoms with van der Waals surface area (Å²) in [4.78, 5) is 38.1. The van der Waals surface area contributed by atoms with Gasteiger partial charge < -0.3 is 15.1 Å². The normalized spacial score (nSPS) is 15.2. The van der Waals surface area contributed by atoms with Crippen molar-refractivity contribution in [2.45, 2.75) is 13.5 Å². The summed E-state index contributed by atoms with van der Waals surface area (Å²) in [5.41, 5.74) is 0.757. The van der Waals surface area contributed by atoms with Crippen LogP contribution in [0.5, 0.6) is 0 Å². The molecule has 118 valence electrons. The van der Waals surface area contributed by atoms with Gasteiger partial charge in [-0.3, -0.25) is 14.4 Å². The van der Waals surface area contributed by atoms with Crippen molar-refractivity contribution >= 4 is 17.7 Å². The van der Waals surface area contributed by atoms with E-state index in [4.69, 9.17) is 0 Å². The second-order valence-corrected chi connectivity index (χ2v) is 5.01. The van der Waals surface area contributed by atoms with Crippen molar-refractivity contribution in [1.29, 1.82) is 0 Å². The van der Waals surface area contributed by atoms with Crippen LogP contribution in [0.25, 0.3) is 0 Å². The molecule has 0 unspecified atom stereocenters. The Morgan fingerprint density at radius 1 is 1.14 bits per heavy atom. The fourth-order valence-corrected chi connectivity index (χ4v) is 2.20. The summed E-state index contributed by atoms with van der Waals surface area (Å²) < 4.78 is 12.8. The Labute approximate surface area is 127 Å². The van der Waals surface area contributed by atoms with E-state index >= 15 is 0 Å². The molecule has 2 rings (SSSR count). The van der Waals surface area contributed by atoms with Gasteiger partial charge in [0.25, 0.3) is 0 Å². The standard InChI is InChI=1S/C15H18FN3O3/c1-2-18-7-8-19(15(22)14(18)21)10-13(20)17-9-11-3-5-12(16)6-4-11/h3-6H,2,7-10H2,1H3,(H,17,20). The number of piperazine rings is 1. The van der Waals surface area contributed by atoms with E-state index in [0.717, 1.165) is 5.56 Å². The number of halogens is 1. The highest BCUT2D eigenvalue weighted by Crippen LogP contribution is 2.05. The average molecular weight is 307 g/mol. The SMILES string of the molecule is CCN1CCN(CC(=O)NCc2ccc(F)cc2)C(=O)C1=O. The first kappa shape index (κ1) is 15.9. The third-order valence-electron chi connectivity index (χ3n) is 3.52. The van der Waals surface area contributed by atoms with Crippen molar-refractivity contribution in [1.82, 2.24) is 15.1 Å². The molecule has 3 amide bonds. The summed E-state index contributed by atoms with van der Waals surface area (Å²) in [6.07, 6.45) is 0. The van der Waals surface area contributed by atoms with Crippen LogP contribution in [0.2, 0.25) is 0 Å². The zero-order valence-electron chi connectivity index (χ0n) is 12.3. The van der Waals surface area contributed by atoms with Gasteiger partial charge in [-0.25, -0.2) is 4.39 Å². The molecule has 1 saturated heterocycles. The second kappa shape index (κ2) is 7.02. The fourth-order valence-electron chi connectivity index (χ4n) is 2.20. The topological polar surface area (TPSA) is 69.7 Å². The molecule has 0 aromatic heterocycles. The van der Waals surface area contributed by atoms with Crippen molar-refractivity contribution in [2.24, 2.45) is 0 Å². The minimum atomic E-state index is -0.648. The second-order valence-electron chi connectivity index (χ2n) is 5.01. The number of carbonyl (C=O) groups is 3. The maximum atomic E-state index is 12.8. The van der Waals surface area contributed by atoms with E-state index in [1.165, 1.54) is 21.9 Å². The molecule has 0 saturated carbocycles. The number of amides is 3. The monoisotopic (exact) mass is 307 g/mol. The molecule has 0 spiro atoms. The molecule has 0 bridgehead atoms. The molecule has 1 aromatic carbocycles. The van der Waals surface area contributed by atoms with Gasteiger partial charge in [0.15, 0.2) is 0 Å². The number of hydrogen-bond donors (Lipinski definition) is 1. The lowest BCUT2D eigenvalue weighted by Gasteiger charge is -2.32. The Morgan fingerprint density at radius 2 is 1.73 bits per heavy atom. The van der Waals surface area contributed by atoms with Gasteiger partial charge in [0.1, 0.15) is 12.4 Å². The summed E-state index contributed by atoms with van der Waals surface area (Å²) in [7, 11) is 0. The number of likely N-dealkylation sites (N-methyl/N-ethyl adjacent to an activating group) is 1. The summed E-state index contributed by atoms with van der Waals surface area (Å²) >= 11 is 0.